The lowest BCUT2D eigenvalue weighted by molar-refractivity contribution is -0.128. The zero-order valence-corrected chi connectivity index (χ0v) is 16.9. The van der Waals surface area contributed by atoms with Crippen LogP contribution in [0, 0.1) is 20.8 Å². The average Bonchev–Trinajstić information content (AvgIpc) is 3.25. The highest BCUT2D eigenvalue weighted by Gasteiger charge is 2.38. The molecule has 144 valence electrons. The molecule has 0 aliphatic carbocycles. The summed E-state index contributed by atoms with van der Waals surface area (Å²) in [6, 6.07) is 11.1. The van der Waals surface area contributed by atoms with E-state index in [4.69, 9.17) is 0 Å². The molecule has 1 atom stereocenters. The highest BCUT2D eigenvalue weighted by molar-refractivity contribution is 7.12. The molecule has 3 aromatic rings. The summed E-state index contributed by atoms with van der Waals surface area (Å²) < 4.78 is 1.84. The van der Waals surface area contributed by atoms with Crippen LogP contribution in [0.4, 0.5) is 0 Å². The van der Waals surface area contributed by atoms with Gasteiger partial charge in [-0.3, -0.25) is 9.59 Å². The van der Waals surface area contributed by atoms with Crippen molar-refractivity contribution in [1.82, 2.24) is 20.0 Å². The number of rotatable bonds is 3. The van der Waals surface area contributed by atoms with Crippen LogP contribution in [-0.2, 0) is 4.79 Å². The third-order valence-corrected chi connectivity index (χ3v) is 6.16. The van der Waals surface area contributed by atoms with Crippen molar-refractivity contribution in [2.45, 2.75) is 26.8 Å². The zero-order chi connectivity index (χ0) is 19.8. The molecular formula is C21H22N4O2S. The molecule has 6 nitrogen and oxygen atoms in total. The Hall–Kier alpha value is -2.93. The van der Waals surface area contributed by atoms with Gasteiger partial charge in [-0.2, -0.15) is 5.10 Å². The van der Waals surface area contributed by atoms with Gasteiger partial charge in [0.05, 0.1) is 16.3 Å². The highest BCUT2D eigenvalue weighted by Crippen LogP contribution is 2.32. The molecule has 0 spiro atoms. The minimum atomic E-state index is -0.680. The Labute approximate surface area is 167 Å². The molecule has 2 amide bonds. The summed E-state index contributed by atoms with van der Waals surface area (Å²) in [5.74, 6) is -0.258. The van der Waals surface area contributed by atoms with Gasteiger partial charge < -0.3 is 10.2 Å². The SMILES string of the molecule is Cc1ccsc1C(=O)N1CCNC(=O)C1c1c(C)nn(-c2ccccc2)c1C. The van der Waals surface area contributed by atoms with Gasteiger partial charge in [0.1, 0.15) is 6.04 Å². The van der Waals surface area contributed by atoms with Crippen LogP contribution in [0.15, 0.2) is 41.8 Å². The van der Waals surface area contributed by atoms with E-state index in [1.807, 2.05) is 67.2 Å². The number of amides is 2. The summed E-state index contributed by atoms with van der Waals surface area (Å²) in [6.45, 7) is 6.69. The Kier molecular flexibility index (Phi) is 4.77. The van der Waals surface area contributed by atoms with Crippen LogP contribution in [0.1, 0.15) is 38.2 Å². The van der Waals surface area contributed by atoms with E-state index >= 15 is 0 Å². The van der Waals surface area contributed by atoms with Gasteiger partial charge in [0.2, 0.25) is 5.91 Å². The van der Waals surface area contributed by atoms with Crippen molar-refractivity contribution in [3.63, 3.8) is 0 Å². The second-order valence-corrected chi connectivity index (χ2v) is 7.87. The minimum absolute atomic E-state index is 0.0985. The number of piperazine rings is 1. The molecule has 1 aromatic carbocycles. The largest absolute Gasteiger partial charge is 0.352 e. The van der Waals surface area contributed by atoms with Crippen LogP contribution >= 0.6 is 11.3 Å². The lowest BCUT2D eigenvalue weighted by Gasteiger charge is -2.35. The summed E-state index contributed by atoms with van der Waals surface area (Å²) >= 11 is 1.42. The molecule has 2 aromatic heterocycles. The number of carbonyl (C=O) groups excluding carboxylic acids is 2. The third-order valence-electron chi connectivity index (χ3n) is 5.15. The number of thiophene rings is 1. The molecule has 0 bridgehead atoms. The third kappa shape index (κ3) is 3.01. The standard InChI is InChI=1S/C21H22N4O2S/c1-13-9-12-28-19(13)21(27)24-11-10-22-20(26)18(24)17-14(2)23-25(15(17)3)16-7-5-4-6-8-16/h4-9,12,18H,10-11H2,1-3H3,(H,22,26). The first-order chi connectivity index (χ1) is 13.5. The van der Waals surface area contributed by atoms with Crippen LogP contribution in [-0.4, -0.2) is 39.6 Å². The fourth-order valence-corrected chi connectivity index (χ4v) is 4.65. The van der Waals surface area contributed by atoms with Gasteiger partial charge in [-0.1, -0.05) is 18.2 Å². The van der Waals surface area contributed by atoms with Crippen molar-refractivity contribution in [1.29, 1.82) is 0 Å². The van der Waals surface area contributed by atoms with Gasteiger partial charge in [-0.05, 0) is 49.9 Å². The number of para-hydroxylation sites is 1. The lowest BCUT2D eigenvalue weighted by atomic mass is 9.99. The van der Waals surface area contributed by atoms with E-state index in [-0.39, 0.29) is 11.8 Å². The molecular weight excluding hydrogens is 372 g/mol. The average molecular weight is 395 g/mol. The second-order valence-electron chi connectivity index (χ2n) is 6.96. The normalized spacial score (nSPS) is 16.9. The zero-order valence-electron chi connectivity index (χ0n) is 16.1. The number of aromatic nitrogens is 2. The Morgan fingerprint density at radius 1 is 1.18 bits per heavy atom. The number of carbonyl (C=O) groups is 2. The van der Waals surface area contributed by atoms with E-state index in [0.717, 1.165) is 28.2 Å². The predicted octanol–water partition coefficient (Wildman–Crippen LogP) is 3.17. The summed E-state index contributed by atoms with van der Waals surface area (Å²) in [5.41, 5.74) is 4.28. The lowest BCUT2D eigenvalue weighted by Crippen LogP contribution is -2.52. The van der Waals surface area contributed by atoms with Crippen LogP contribution in [0.2, 0.25) is 0 Å². The maximum Gasteiger partial charge on any atom is 0.265 e. The molecule has 1 unspecified atom stereocenters. The molecule has 0 saturated carbocycles. The van der Waals surface area contributed by atoms with Crippen molar-refractivity contribution in [2.24, 2.45) is 0 Å². The quantitative estimate of drug-likeness (QED) is 0.742. The number of benzene rings is 1. The first-order valence-corrected chi connectivity index (χ1v) is 10.1. The highest BCUT2D eigenvalue weighted by atomic mass is 32.1. The number of hydrogen-bond donors (Lipinski definition) is 1. The number of nitrogens with one attached hydrogen (secondary N) is 1. The van der Waals surface area contributed by atoms with E-state index in [9.17, 15) is 9.59 Å². The molecule has 1 saturated heterocycles. The predicted molar refractivity (Wildman–Crippen MR) is 109 cm³/mol. The molecule has 1 aliphatic rings. The monoisotopic (exact) mass is 394 g/mol. The van der Waals surface area contributed by atoms with E-state index in [2.05, 4.69) is 10.4 Å². The van der Waals surface area contributed by atoms with Gasteiger partial charge in [0.25, 0.3) is 5.91 Å². The Morgan fingerprint density at radius 2 is 1.93 bits per heavy atom. The Balaban J connectivity index is 1.79. The fraction of sp³-hybridized carbons (Fsp3) is 0.286. The molecule has 28 heavy (non-hydrogen) atoms. The number of hydrogen-bond acceptors (Lipinski definition) is 4. The number of nitrogens with zero attached hydrogens (tertiary/aromatic N) is 3. The van der Waals surface area contributed by atoms with Crippen LogP contribution in [0.5, 0.6) is 0 Å². The first kappa shape index (κ1) is 18.4. The molecule has 0 radical (unpaired) electrons. The summed E-state index contributed by atoms with van der Waals surface area (Å²) in [6.07, 6.45) is 0. The summed E-state index contributed by atoms with van der Waals surface area (Å²) in [4.78, 5) is 28.5. The van der Waals surface area contributed by atoms with Gasteiger partial charge in [0, 0.05) is 24.3 Å². The van der Waals surface area contributed by atoms with Crippen LogP contribution in [0.25, 0.3) is 5.69 Å². The van der Waals surface area contributed by atoms with Crippen molar-refractivity contribution in [3.05, 3.63) is 69.2 Å². The first-order valence-electron chi connectivity index (χ1n) is 9.23. The van der Waals surface area contributed by atoms with Crippen molar-refractivity contribution < 1.29 is 9.59 Å². The summed E-state index contributed by atoms with van der Waals surface area (Å²) in [5, 5.41) is 9.49. The van der Waals surface area contributed by atoms with Gasteiger partial charge in [-0.15, -0.1) is 11.3 Å². The van der Waals surface area contributed by atoms with E-state index in [1.54, 1.807) is 4.90 Å². The van der Waals surface area contributed by atoms with Gasteiger partial charge in [-0.25, -0.2) is 4.68 Å². The minimum Gasteiger partial charge on any atom is -0.352 e. The van der Waals surface area contributed by atoms with E-state index in [0.29, 0.717) is 18.0 Å². The van der Waals surface area contributed by atoms with Gasteiger partial charge >= 0.3 is 0 Å². The summed E-state index contributed by atoms with van der Waals surface area (Å²) in [7, 11) is 0. The molecule has 7 heteroatoms. The Bertz CT molecular complexity index is 1040. The molecule has 3 heterocycles. The van der Waals surface area contributed by atoms with Crippen molar-refractivity contribution >= 4 is 23.2 Å². The number of aryl methyl sites for hydroxylation is 2. The smallest absolute Gasteiger partial charge is 0.265 e. The van der Waals surface area contributed by atoms with Crippen LogP contribution < -0.4 is 5.32 Å². The Morgan fingerprint density at radius 3 is 2.61 bits per heavy atom. The molecule has 1 fully saturated rings. The maximum absolute atomic E-state index is 13.2. The second kappa shape index (κ2) is 7.24. The van der Waals surface area contributed by atoms with E-state index in [1.165, 1.54) is 11.3 Å². The van der Waals surface area contributed by atoms with Crippen molar-refractivity contribution in [2.75, 3.05) is 13.1 Å². The topological polar surface area (TPSA) is 67.2 Å². The fourth-order valence-electron chi connectivity index (χ4n) is 3.77. The van der Waals surface area contributed by atoms with Crippen LogP contribution in [0.3, 0.4) is 0 Å². The molecule has 1 N–H and O–H groups in total. The maximum atomic E-state index is 13.2. The van der Waals surface area contributed by atoms with E-state index < -0.39 is 6.04 Å². The van der Waals surface area contributed by atoms with Crippen molar-refractivity contribution in [3.8, 4) is 5.69 Å². The molecule has 1 aliphatic heterocycles. The molecule has 4 rings (SSSR count). The van der Waals surface area contributed by atoms with Gasteiger partial charge in [0.15, 0.2) is 0 Å².